The molecule has 0 bridgehead atoms. The van der Waals surface area contributed by atoms with E-state index in [0.717, 1.165) is 29.8 Å². The molecule has 0 atom stereocenters. The Bertz CT molecular complexity index is 1410. The molecule has 0 unspecified atom stereocenters. The maximum Gasteiger partial charge on any atom is 0.259 e. The van der Waals surface area contributed by atoms with Crippen LogP contribution in [0.15, 0.2) is 90.2 Å². The molecule has 0 aliphatic heterocycles. The van der Waals surface area contributed by atoms with Crippen molar-refractivity contribution in [1.29, 1.82) is 0 Å². The molecule has 9 nitrogen and oxygen atoms in total. The van der Waals surface area contributed by atoms with Crippen LogP contribution in [0.3, 0.4) is 0 Å². The van der Waals surface area contributed by atoms with Gasteiger partial charge in [-0.2, -0.15) is 10.2 Å². The number of hydrogen-bond acceptors (Lipinski definition) is 6. The lowest BCUT2D eigenvalue weighted by Crippen LogP contribution is -2.34. The number of para-hydroxylation sites is 1. The van der Waals surface area contributed by atoms with E-state index in [-0.39, 0.29) is 12.5 Å². The lowest BCUT2D eigenvalue weighted by atomic mass is 10.1. The van der Waals surface area contributed by atoms with Gasteiger partial charge in [-0.05, 0) is 73.5 Å². The van der Waals surface area contributed by atoms with Crippen LogP contribution in [0, 0.1) is 0 Å². The summed E-state index contributed by atoms with van der Waals surface area (Å²) in [7, 11) is 0. The standard InChI is InChI=1S/C31H33N5O4/c1-3-18-39-27-14-10-23(11-15-27)30-25(22-36(35-30)26-8-6-5-7-9-26)20-33-34-29(37)21-32-31(38)24-12-16-28(17-13-24)40-19-4-2/h5-17,20,22H,3-4,18-19,21H2,1-2H3,(H,32,38)(H,34,37)/b33-20-. The quantitative estimate of drug-likeness (QED) is 0.184. The first-order valence-electron chi connectivity index (χ1n) is 13.3. The Kier molecular flexibility index (Phi) is 10.0. The molecule has 4 rings (SSSR count). The van der Waals surface area contributed by atoms with Crippen molar-refractivity contribution in [1.82, 2.24) is 20.5 Å². The number of nitrogens with zero attached hydrogens (tertiary/aromatic N) is 3. The van der Waals surface area contributed by atoms with Gasteiger partial charge in [0.1, 0.15) is 17.2 Å². The van der Waals surface area contributed by atoms with Gasteiger partial charge in [-0.1, -0.05) is 32.0 Å². The van der Waals surface area contributed by atoms with Gasteiger partial charge >= 0.3 is 0 Å². The van der Waals surface area contributed by atoms with E-state index in [2.05, 4.69) is 22.8 Å². The maximum absolute atomic E-state index is 12.4. The minimum atomic E-state index is -0.457. The summed E-state index contributed by atoms with van der Waals surface area (Å²) in [4.78, 5) is 24.8. The Labute approximate surface area is 233 Å². The maximum atomic E-state index is 12.4. The van der Waals surface area contributed by atoms with E-state index >= 15 is 0 Å². The van der Waals surface area contributed by atoms with Crippen molar-refractivity contribution in [3.8, 4) is 28.4 Å². The fourth-order valence-corrected chi connectivity index (χ4v) is 3.75. The van der Waals surface area contributed by atoms with Crippen molar-refractivity contribution >= 4 is 18.0 Å². The number of rotatable bonds is 13. The Morgan fingerprint density at radius 3 is 2.12 bits per heavy atom. The molecule has 0 spiro atoms. The molecule has 206 valence electrons. The van der Waals surface area contributed by atoms with Crippen molar-refractivity contribution in [3.63, 3.8) is 0 Å². The van der Waals surface area contributed by atoms with E-state index in [1.807, 2.05) is 67.7 Å². The first kappa shape index (κ1) is 28.1. The van der Waals surface area contributed by atoms with Gasteiger partial charge in [-0.25, -0.2) is 10.1 Å². The van der Waals surface area contributed by atoms with Crippen LogP contribution in [0.4, 0.5) is 0 Å². The van der Waals surface area contributed by atoms with Crippen LogP contribution in [0.1, 0.15) is 42.6 Å². The molecule has 3 aromatic carbocycles. The normalized spacial score (nSPS) is 10.8. The van der Waals surface area contributed by atoms with Crippen LogP contribution in [-0.2, 0) is 4.79 Å². The second-order valence-electron chi connectivity index (χ2n) is 8.93. The summed E-state index contributed by atoms with van der Waals surface area (Å²) in [6, 6.07) is 24.2. The van der Waals surface area contributed by atoms with Crippen LogP contribution in [0.25, 0.3) is 16.9 Å². The third-order valence-electron chi connectivity index (χ3n) is 5.76. The van der Waals surface area contributed by atoms with Gasteiger partial charge in [0.25, 0.3) is 11.8 Å². The predicted octanol–water partition coefficient (Wildman–Crippen LogP) is 5.00. The van der Waals surface area contributed by atoms with E-state index in [9.17, 15) is 9.59 Å². The molecule has 0 aliphatic carbocycles. The highest BCUT2D eigenvalue weighted by Gasteiger charge is 2.12. The molecule has 0 saturated carbocycles. The summed E-state index contributed by atoms with van der Waals surface area (Å²) in [6.45, 7) is 5.13. The number of nitrogens with one attached hydrogen (secondary N) is 2. The third-order valence-corrected chi connectivity index (χ3v) is 5.76. The van der Waals surface area contributed by atoms with Crippen LogP contribution < -0.4 is 20.2 Å². The number of carbonyl (C=O) groups excluding carboxylic acids is 2. The number of hydrazone groups is 1. The van der Waals surface area contributed by atoms with E-state index in [0.29, 0.717) is 35.8 Å². The Morgan fingerprint density at radius 2 is 1.50 bits per heavy atom. The van der Waals surface area contributed by atoms with Gasteiger partial charge in [0.05, 0.1) is 31.7 Å². The second kappa shape index (κ2) is 14.3. The van der Waals surface area contributed by atoms with Gasteiger partial charge in [-0.15, -0.1) is 0 Å². The van der Waals surface area contributed by atoms with Crippen LogP contribution in [0.2, 0.25) is 0 Å². The molecule has 0 fully saturated rings. The number of hydrogen-bond donors (Lipinski definition) is 2. The Morgan fingerprint density at radius 1 is 0.875 bits per heavy atom. The molecular formula is C31H33N5O4. The van der Waals surface area contributed by atoms with Crippen molar-refractivity contribution in [3.05, 3.63) is 96.2 Å². The Balaban J connectivity index is 1.40. The highest BCUT2D eigenvalue weighted by atomic mass is 16.5. The Hall–Kier alpha value is -4.92. The molecule has 1 aromatic heterocycles. The summed E-state index contributed by atoms with van der Waals surface area (Å²) >= 11 is 0. The molecule has 0 aliphatic rings. The topological polar surface area (TPSA) is 107 Å². The van der Waals surface area contributed by atoms with E-state index < -0.39 is 5.91 Å². The summed E-state index contributed by atoms with van der Waals surface area (Å²) in [6.07, 6.45) is 5.22. The van der Waals surface area contributed by atoms with Gasteiger partial charge in [0, 0.05) is 22.9 Å². The molecule has 4 aromatic rings. The van der Waals surface area contributed by atoms with Gasteiger partial charge in [0.15, 0.2) is 0 Å². The average molecular weight is 540 g/mol. The SMILES string of the molecule is CCCOc1ccc(C(=O)NCC(=O)N/N=C\c2cn(-c3ccccc3)nc2-c2ccc(OCCC)cc2)cc1. The summed E-state index contributed by atoms with van der Waals surface area (Å²) in [5, 5.41) is 11.5. The highest BCUT2D eigenvalue weighted by molar-refractivity contribution is 5.96. The number of ether oxygens (including phenoxy) is 2. The second-order valence-corrected chi connectivity index (χ2v) is 8.93. The number of aromatic nitrogens is 2. The van der Waals surface area contributed by atoms with Crippen molar-refractivity contribution in [2.75, 3.05) is 19.8 Å². The molecule has 40 heavy (non-hydrogen) atoms. The number of benzene rings is 3. The van der Waals surface area contributed by atoms with E-state index in [1.54, 1.807) is 28.9 Å². The molecule has 2 N–H and O–H groups in total. The molecule has 1 heterocycles. The fourth-order valence-electron chi connectivity index (χ4n) is 3.75. The largest absolute Gasteiger partial charge is 0.494 e. The van der Waals surface area contributed by atoms with Crippen molar-refractivity contribution < 1.29 is 19.1 Å². The lowest BCUT2D eigenvalue weighted by molar-refractivity contribution is -0.120. The summed E-state index contributed by atoms with van der Waals surface area (Å²) in [5.41, 5.74) is 6.08. The first-order chi connectivity index (χ1) is 19.6. The average Bonchev–Trinajstić information content (AvgIpc) is 3.43. The summed E-state index contributed by atoms with van der Waals surface area (Å²) < 4.78 is 13.0. The van der Waals surface area contributed by atoms with Gasteiger partial charge in [-0.3, -0.25) is 9.59 Å². The molecule has 0 radical (unpaired) electrons. The minimum absolute atomic E-state index is 0.223. The zero-order chi connectivity index (χ0) is 28.2. The van der Waals surface area contributed by atoms with Crippen LogP contribution in [0.5, 0.6) is 11.5 Å². The van der Waals surface area contributed by atoms with Crippen LogP contribution >= 0.6 is 0 Å². The minimum Gasteiger partial charge on any atom is -0.494 e. The number of carbonyl (C=O) groups is 2. The number of amides is 2. The van der Waals surface area contributed by atoms with Gasteiger partial charge in [0.2, 0.25) is 0 Å². The smallest absolute Gasteiger partial charge is 0.259 e. The zero-order valence-corrected chi connectivity index (χ0v) is 22.7. The molecule has 0 saturated heterocycles. The molecular weight excluding hydrogens is 506 g/mol. The summed E-state index contributed by atoms with van der Waals surface area (Å²) in [5.74, 6) is 0.667. The zero-order valence-electron chi connectivity index (χ0n) is 22.7. The third kappa shape index (κ3) is 7.80. The predicted molar refractivity (Wildman–Crippen MR) is 155 cm³/mol. The van der Waals surface area contributed by atoms with Crippen LogP contribution in [-0.4, -0.2) is 47.6 Å². The van der Waals surface area contributed by atoms with Gasteiger partial charge < -0.3 is 14.8 Å². The molecule has 9 heteroatoms. The lowest BCUT2D eigenvalue weighted by Gasteiger charge is -2.07. The van der Waals surface area contributed by atoms with E-state index in [1.165, 1.54) is 6.21 Å². The highest BCUT2D eigenvalue weighted by Crippen LogP contribution is 2.25. The monoisotopic (exact) mass is 539 g/mol. The van der Waals surface area contributed by atoms with E-state index in [4.69, 9.17) is 14.6 Å². The van der Waals surface area contributed by atoms with Crippen molar-refractivity contribution in [2.45, 2.75) is 26.7 Å². The first-order valence-corrected chi connectivity index (χ1v) is 13.3. The fraction of sp³-hybridized carbons (Fsp3) is 0.226. The molecule has 2 amide bonds. The van der Waals surface area contributed by atoms with Crippen molar-refractivity contribution in [2.24, 2.45) is 5.10 Å².